The minimum Gasteiger partial charge on any atom is -0.441 e. The number of nitrogens with two attached hydrogens (primary N) is 3. The molecule has 348 valence electrons. The van der Waals surface area contributed by atoms with E-state index in [-0.39, 0.29) is 30.1 Å². The molecular weight excluding hydrogens is 785 g/mol. The third-order valence-corrected chi connectivity index (χ3v) is 12.2. The molecule has 2 aliphatic rings. The number of amides is 1. The number of nitrogens with zero attached hydrogens (tertiary/aromatic N) is 3. The van der Waals surface area contributed by atoms with Gasteiger partial charge in [0.05, 0.1) is 41.6 Å². The van der Waals surface area contributed by atoms with Gasteiger partial charge in [-0.1, -0.05) is 53.7 Å². The number of hydrogen-bond donors (Lipinski definition) is 4. The van der Waals surface area contributed by atoms with Crippen LogP contribution in [0.25, 0.3) is 5.70 Å². The van der Waals surface area contributed by atoms with Crippen molar-refractivity contribution in [3.63, 3.8) is 0 Å². The molecule has 8 unspecified atom stereocenters. The number of aldehydes is 1. The minimum atomic E-state index is -1.28. The average molecular weight is 863 g/mol. The summed E-state index contributed by atoms with van der Waals surface area (Å²) in [5.74, 6) is 2.56. The van der Waals surface area contributed by atoms with E-state index >= 15 is 0 Å². The number of aliphatic hydroxyl groups is 1. The number of aliphatic hydroxyl groups excluding tert-OH is 1. The number of anilines is 1. The van der Waals surface area contributed by atoms with Gasteiger partial charge in [-0.15, -0.1) is 0 Å². The summed E-state index contributed by atoms with van der Waals surface area (Å²) >= 11 is 0. The minimum absolute atomic E-state index is 0.103. The van der Waals surface area contributed by atoms with E-state index in [1.165, 1.54) is 19.0 Å². The molecule has 2 heterocycles. The van der Waals surface area contributed by atoms with Crippen LogP contribution in [-0.2, 0) is 38.1 Å². The Morgan fingerprint density at radius 1 is 1.11 bits per heavy atom. The van der Waals surface area contributed by atoms with Crippen LogP contribution in [0.4, 0.5) is 10.5 Å². The van der Waals surface area contributed by atoms with Crippen LogP contribution in [0, 0.1) is 23.7 Å². The van der Waals surface area contributed by atoms with Crippen LogP contribution in [0.15, 0.2) is 30.5 Å². The van der Waals surface area contributed by atoms with Gasteiger partial charge >= 0.3 is 6.09 Å². The summed E-state index contributed by atoms with van der Waals surface area (Å²) in [6.45, 7) is 17.1. The van der Waals surface area contributed by atoms with Crippen molar-refractivity contribution in [2.75, 3.05) is 47.1 Å². The van der Waals surface area contributed by atoms with Crippen LogP contribution in [0.1, 0.15) is 100.0 Å². The van der Waals surface area contributed by atoms with Crippen LogP contribution >= 0.6 is 0 Å². The number of ketones is 2. The maximum atomic E-state index is 14.6. The fourth-order valence-corrected chi connectivity index (χ4v) is 8.65. The summed E-state index contributed by atoms with van der Waals surface area (Å²) in [6, 6.07) is 6.27. The fraction of sp³-hybridized carbons (Fsp3) is 0.733. The highest BCUT2D eigenvalue weighted by molar-refractivity contribution is 5.94. The second-order valence-electron chi connectivity index (χ2n) is 16.9. The highest BCUT2D eigenvalue weighted by atomic mass is 16.7. The first kappa shape index (κ1) is 53.5. The van der Waals surface area contributed by atoms with Gasteiger partial charge in [-0.05, 0) is 79.1 Å². The quantitative estimate of drug-likeness (QED) is 0.0278. The molecule has 0 saturated carbocycles. The second-order valence-corrected chi connectivity index (χ2v) is 16.9. The molecule has 16 heteroatoms. The monoisotopic (exact) mass is 863 g/mol. The molecule has 16 nitrogen and oxygen atoms in total. The Morgan fingerprint density at radius 3 is 2.33 bits per heavy atom. The highest BCUT2D eigenvalue weighted by Gasteiger charge is 2.52. The van der Waals surface area contributed by atoms with Gasteiger partial charge in [0.2, 0.25) is 0 Å². The molecule has 61 heavy (non-hydrogen) atoms. The van der Waals surface area contributed by atoms with Gasteiger partial charge in [-0.3, -0.25) is 9.59 Å². The number of methoxy groups -OCH3 is 2. The molecule has 7 N–H and O–H groups in total. The molecule has 3 rings (SSSR count). The Bertz CT molecular complexity index is 1580. The second kappa shape index (κ2) is 24.9. The molecule has 13 atom stereocenters. The third-order valence-electron chi connectivity index (χ3n) is 12.2. The number of carbonyl (C=O) groups is 4. The number of carbonyl (C=O) groups excluding carboxylic acids is 4. The zero-order valence-electron chi connectivity index (χ0n) is 39.0. The summed E-state index contributed by atoms with van der Waals surface area (Å²) in [5.41, 5.74) is 12.7. The molecule has 1 amide bonds. The van der Waals surface area contributed by atoms with E-state index in [9.17, 15) is 24.3 Å². The third kappa shape index (κ3) is 13.9. The molecule has 2 saturated heterocycles. The molecule has 0 bridgehead atoms. The van der Waals surface area contributed by atoms with Gasteiger partial charge < -0.3 is 59.9 Å². The SMILES string of the molecule is CC.CCC(OC)C1OC(=O)N(CCCCN(N)/C=C(\N)c2cccc(N)c2)C1[C@@H](C)C(=O)[C@H](C)C[C@@](C)(OC)[C@H](OC1OC(C)CC(N(C)C)[C@H]1O)C(C)C(=O)C(C)C=O. The number of ether oxygens (including phenoxy) is 5. The Kier molecular flexibility index (Phi) is 21.8. The lowest BCUT2D eigenvalue weighted by Gasteiger charge is -2.46. The van der Waals surface area contributed by atoms with Gasteiger partial charge in [0, 0.05) is 68.6 Å². The van der Waals surface area contributed by atoms with Gasteiger partial charge in [0.15, 0.2) is 12.4 Å². The number of nitrogen functional groups attached to an aromatic ring is 1. The maximum Gasteiger partial charge on any atom is 0.410 e. The van der Waals surface area contributed by atoms with Gasteiger partial charge in [0.25, 0.3) is 0 Å². The lowest BCUT2D eigenvalue weighted by molar-refractivity contribution is -0.295. The number of cyclic esters (lactones) is 1. The van der Waals surface area contributed by atoms with Crippen LogP contribution in [0.2, 0.25) is 0 Å². The zero-order chi connectivity index (χ0) is 46.4. The zero-order valence-corrected chi connectivity index (χ0v) is 39.0. The molecule has 0 spiro atoms. The number of hydrogen-bond acceptors (Lipinski definition) is 15. The van der Waals surface area contributed by atoms with E-state index in [2.05, 4.69) is 0 Å². The predicted octanol–water partition coefficient (Wildman–Crippen LogP) is 4.61. The molecule has 0 radical (unpaired) electrons. The number of hydrazine groups is 1. The van der Waals surface area contributed by atoms with Gasteiger partial charge in [-0.25, -0.2) is 10.6 Å². The average Bonchev–Trinajstić information content (AvgIpc) is 3.56. The van der Waals surface area contributed by atoms with Gasteiger partial charge in [-0.2, -0.15) is 0 Å². The van der Waals surface area contributed by atoms with Crippen LogP contribution in [-0.4, -0.2) is 140 Å². The van der Waals surface area contributed by atoms with E-state index < -0.39 is 72.1 Å². The topological polar surface area (TPSA) is 222 Å². The summed E-state index contributed by atoms with van der Waals surface area (Å²) in [5, 5.41) is 12.9. The summed E-state index contributed by atoms with van der Waals surface area (Å²) in [6.07, 6.45) is -0.538. The smallest absolute Gasteiger partial charge is 0.410 e. The normalized spacial score (nSPS) is 25.9. The van der Waals surface area contributed by atoms with Crippen LogP contribution in [0.5, 0.6) is 0 Å². The number of benzene rings is 1. The Balaban J connectivity index is 0.00000631. The molecule has 0 aromatic heterocycles. The molecule has 1 aromatic carbocycles. The molecule has 0 aliphatic carbocycles. The Morgan fingerprint density at radius 2 is 1.77 bits per heavy atom. The number of unbranched alkanes of at least 4 members (excludes halogenated alkanes) is 1. The van der Waals surface area contributed by atoms with Crippen molar-refractivity contribution in [1.82, 2.24) is 14.8 Å². The highest BCUT2D eigenvalue weighted by Crippen LogP contribution is 2.38. The molecule has 1 aromatic rings. The summed E-state index contributed by atoms with van der Waals surface area (Å²) < 4.78 is 30.5. The first-order valence-corrected chi connectivity index (χ1v) is 21.8. The van der Waals surface area contributed by atoms with E-state index in [4.69, 9.17) is 41.0 Å². The predicted molar refractivity (Wildman–Crippen MR) is 236 cm³/mol. The van der Waals surface area contributed by atoms with Crippen molar-refractivity contribution >= 4 is 35.3 Å². The van der Waals surface area contributed by atoms with E-state index in [1.54, 1.807) is 58.0 Å². The van der Waals surface area contributed by atoms with Crippen molar-refractivity contribution in [3.8, 4) is 0 Å². The van der Waals surface area contributed by atoms with Crippen molar-refractivity contribution < 1.29 is 48.0 Å². The maximum absolute atomic E-state index is 14.6. The first-order chi connectivity index (χ1) is 28.7. The lowest BCUT2D eigenvalue weighted by Crippen LogP contribution is -2.59. The summed E-state index contributed by atoms with van der Waals surface area (Å²) in [7, 11) is 6.77. The Hall–Kier alpha value is -3.64. The van der Waals surface area contributed by atoms with E-state index in [0.717, 1.165) is 5.56 Å². The largest absolute Gasteiger partial charge is 0.441 e. The van der Waals surface area contributed by atoms with E-state index in [1.807, 2.05) is 58.8 Å². The number of likely N-dealkylation sites (N-methyl/N-ethyl adjacent to an activating group) is 1. The Labute approximate surface area is 364 Å². The van der Waals surface area contributed by atoms with Crippen molar-refractivity contribution in [2.45, 2.75) is 149 Å². The van der Waals surface area contributed by atoms with Gasteiger partial charge in [0.1, 0.15) is 24.0 Å². The lowest BCUT2D eigenvalue weighted by atomic mass is 9.75. The van der Waals surface area contributed by atoms with E-state index in [0.29, 0.717) is 56.4 Å². The number of rotatable bonds is 24. The molecular formula is C45H78N6O10. The summed E-state index contributed by atoms with van der Waals surface area (Å²) in [4.78, 5) is 57.0. The van der Waals surface area contributed by atoms with Crippen LogP contribution < -0.4 is 17.3 Å². The first-order valence-electron chi connectivity index (χ1n) is 21.8. The number of Topliss-reactive ketones (excluding diaryl/α,β-unsaturated/α-hetero) is 2. The standard InChI is InChI=1S/C43H72N6O10.C2H6/c1-12-34(55-10)39-35(49(42(54)58-39)19-14-13-18-48(46)23-32(45)30-16-15-17-31(44)21-30)28(5)36(51)25(2)22-43(7,56-11)40(29(6)37(52)26(3)24-50)59-41-38(53)33(47(8)9)20-27(4)57-41;1-2/h15-17,21,23-29,33-35,38-41,53H,12-14,18-20,22,44-46H2,1-11H3;1-2H3/b32-23-;/t25-,26?,27?,28-,29?,33?,34?,35?,38-,39?,40-,41?,43-;/m1./s1. The van der Waals surface area contributed by atoms with Crippen molar-refractivity contribution in [3.05, 3.63) is 36.0 Å². The van der Waals surface area contributed by atoms with Crippen molar-refractivity contribution in [1.29, 1.82) is 0 Å². The fourth-order valence-electron chi connectivity index (χ4n) is 8.65. The molecule has 2 aliphatic heterocycles. The molecule has 2 fully saturated rings. The van der Waals surface area contributed by atoms with Crippen LogP contribution in [0.3, 0.4) is 0 Å². The van der Waals surface area contributed by atoms with Crippen molar-refractivity contribution in [2.24, 2.45) is 35.2 Å².